The summed E-state index contributed by atoms with van der Waals surface area (Å²) in [5.41, 5.74) is 27.8. The summed E-state index contributed by atoms with van der Waals surface area (Å²) in [6.07, 6.45) is 0. The first-order valence-electron chi connectivity index (χ1n) is 19.7. The zero-order valence-electron chi connectivity index (χ0n) is 33.2. The molecule has 1 heterocycles. The lowest BCUT2D eigenvalue weighted by molar-refractivity contribution is 0.660. The van der Waals surface area contributed by atoms with Gasteiger partial charge >= 0.3 is 0 Å². The molecule has 0 amide bonds. The third kappa shape index (κ3) is 7.73. The van der Waals surface area contributed by atoms with Gasteiger partial charge in [0.25, 0.3) is 0 Å². The molecule has 3 nitrogen and oxygen atoms in total. The van der Waals surface area contributed by atoms with Crippen molar-refractivity contribution in [3.8, 4) is 44.5 Å². The van der Waals surface area contributed by atoms with Crippen LogP contribution in [-0.2, 0) is 12.0 Å². The van der Waals surface area contributed by atoms with Crippen molar-refractivity contribution in [3.05, 3.63) is 216 Å². The zero-order chi connectivity index (χ0) is 40.2. The monoisotopic (exact) mass is 769 g/mol. The predicted molar refractivity (Wildman–Crippen MR) is 250 cm³/mol. The summed E-state index contributed by atoms with van der Waals surface area (Å²) in [6.45, 7) is 7.31. The van der Waals surface area contributed by atoms with Crippen LogP contribution in [0.15, 0.2) is 188 Å². The maximum Gasteiger partial charge on any atom is 0.123 e. The molecule has 1 aliphatic carbocycles. The number of hydrogen-bond donors (Lipinski definition) is 3. The second-order valence-corrected chi connectivity index (χ2v) is 16.4. The van der Waals surface area contributed by atoms with E-state index < -0.39 is 0 Å². The number of aryl methyl sites for hydroxylation is 1. The Balaban J connectivity index is 0.000000141. The van der Waals surface area contributed by atoms with Crippen LogP contribution >= 0.6 is 11.3 Å². The Bertz CT molecular complexity index is 2850. The van der Waals surface area contributed by atoms with Gasteiger partial charge in [0, 0.05) is 37.7 Å². The van der Waals surface area contributed by atoms with Gasteiger partial charge in [-0.3, -0.25) is 5.41 Å². The summed E-state index contributed by atoms with van der Waals surface area (Å²) >= 11 is 1.74. The van der Waals surface area contributed by atoms with Gasteiger partial charge < -0.3 is 11.5 Å². The molecule has 0 saturated heterocycles. The van der Waals surface area contributed by atoms with Crippen molar-refractivity contribution < 1.29 is 0 Å². The molecule has 0 atom stereocenters. The summed E-state index contributed by atoms with van der Waals surface area (Å²) < 4.78 is 2.38. The van der Waals surface area contributed by atoms with Gasteiger partial charge in [0.2, 0.25) is 0 Å². The van der Waals surface area contributed by atoms with Crippen molar-refractivity contribution in [2.45, 2.75) is 32.7 Å². The van der Waals surface area contributed by atoms with E-state index >= 15 is 0 Å². The van der Waals surface area contributed by atoms with E-state index in [1.54, 1.807) is 11.3 Å². The van der Waals surface area contributed by atoms with Crippen molar-refractivity contribution in [1.29, 1.82) is 5.41 Å². The predicted octanol–water partition coefficient (Wildman–Crippen LogP) is 13.8. The highest BCUT2D eigenvalue weighted by molar-refractivity contribution is 7.25. The molecule has 0 fully saturated rings. The fraction of sp³-hybridized carbons (Fsp3) is 0.0926. The lowest BCUT2D eigenvalue weighted by Gasteiger charge is -2.22. The molecule has 0 saturated carbocycles. The number of nitrogens with two attached hydrogens (primary N) is 2. The van der Waals surface area contributed by atoms with E-state index in [2.05, 4.69) is 172 Å². The molecule has 0 bridgehead atoms. The van der Waals surface area contributed by atoms with Gasteiger partial charge in [-0.05, 0) is 92.4 Å². The summed E-state index contributed by atoms with van der Waals surface area (Å²) in [6, 6.07) is 66.1. The molecule has 1 aromatic heterocycles. The van der Waals surface area contributed by atoms with E-state index in [9.17, 15) is 0 Å². The van der Waals surface area contributed by atoms with Gasteiger partial charge in [0.15, 0.2) is 0 Å². The quantitative estimate of drug-likeness (QED) is 0.120. The second-order valence-electron chi connectivity index (χ2n) is 15.3. The van der Waals surface area contributed by atoms with Crippen LogP contribution in [0.5, 0.6) is 0 Å². The molecule has 8 aromatic carbocycles. The maximum absolute atomic E-state index is 7.94. The Kier molecular flexibility index (Phi) is 10.9. The largest absolute Gasteiger partial charge is 0.384 e. The molecule has 0 radical (unpaired) electrons. The van der Waals surface area contributed by atoms with Crippen LogP contribution in [0.25, 0.3) is 64.7 Å². The summed E-state index contributed by atoms with van der Waals surface area (Å²) in [5.74, 6) is 0.114. The normalized spacial score (nSPS) is 12.1. The van der Waals surface area contributed by atoms with Gasteiger partial charge in [0.1, 0.15) is 5.84 Å². The molecule has 9 aromatic rings. The number of fused-ring (bicyclic) bond motifs is 6. The lowest BCUT2D eigenvalue weighted by Crippen LogP contribution is -2.14. The Morgan fingerprint density at radius 1 is 0.517 bits per heavy atom. The smallest absolute Gasteiger partial charge is 0.123 e. The molecule has 0 aliphatic heterocycles. The van der Waals surface area contributed by atoms with Crippen molar-refractivity contribution in [3.63, 3.8) is 0 Å². The minimum absolute atomic E-state index is 0.0547. The van der Waals surface area contributed by atoms with E-state index in [0.29, 0.717) is 6.54 Å². The van der Waals surface area contributed by atoms with Crippen LogP contribution in [0, 0.1) is 12.3 Å². The highest BCUT2D eigenvalue weighted by atomic mass is 32.1. The van der Waals surface area contributed by atoms with Crippen LogP contribution in [0.2, 0.25) is 0 Å². The minimum atomic E-state index is 0.0547. The molecular formula is C54H47N3S. The van der Waals surface area contributed by atoms with Crippen molar-refractivity contribution in [1.82, 2.24) is 0 Å². The fourth-order valence-corrected chi connectivity index (χ4v) is 9.08. The number of hydrogen-bond acceptors (Lipinski definition) is 3. The number of nitrogens with one attached hydrogen (secondary N) is 1. The Morgan fingerprint density at radius 3 is 1.69 bits per heavy atom. The first-order chi connectivity index (χ1) is 28.2. The lowest BCUT2D eigenvalue weighted by atomic mass is 9.81. The highest BCUT2D eigenvalue weighted by Crippen LogP contribution is 2.49. The molecule has 0 unspecified atom stereocenters. The van der Waals surface area contributed by atoms with E-state index in [1.807, 2.05) is 36.4 Å². The summed E-state index contributed by atoms with van der Waals surface area (Å²) in [5, 5.41) is 10.2. The summed E-state index contributed by atoms with van der Waals surface area (Å²) in [7, 11) is 0. The van der Waals surface area contributed by atoms with Gasteiger partial charge in [-0.2, -0.15) is 0 Å². The summed E-state index contributed by atoms with van der Waals surface area (Å²) in [4.78, 5) is 0. The average molecular weight is 770 g/mol. The van der Waals surface area contributed by atoms with Gasteiger partial charge in [0.05, 0.1) is 0 Å². The number of thiophene rings is 1. The van der Waals surface area contributed by atoms with E-state index in [0.717, 1.165) is 16.3 Å². The van der Waals surface area contributed by atoms with Gasteiger partial charge in [-0.25, -0.2) is 0 Å². The molecular weight excluding hydrogens is 723 g/mol. The van der Waals surface area contributed by atoms with E-state index in [4.69, 9.17) is 16.9 Å². The van der Waals surface area contributed by atoms with Gasteiger partial charge in [-0.1, -0.05) is 183 Å². The SMILES string of the molecule is CC1(C)c2ccccc2-c2ccc(-c3ccc(CN)cc3)cc21.Cc1ccccc1.N=C(N)c1cccc2sc3ccc(-c4ccc(-c5ccccc5)cc4)cc3c12. The zero-order valence-corrected chi connectivity index (χ0v) is 34.0. The molecule has 10 rings (SSSR count). The first-order valence-corrected chi connectivity index (χ1v) is 20.5. The number of rotatable bonds is 5. The molecule has 58 heavy (non-hydrogen) atoms. The standard InChI is InChI=1S/C25H18N2S.C22H21N.C7H8/c26-25(27)20-7-4-8-23-24(20)21-15-19(13-14-22(21)28-23)18-11-9-17(10-12-18)16-5-2-1-3-6-16;1-22(2)20-6-4-3-5-18(20)19-12-11-17(13-21(19)22)16-9-7-15(14-23)8-10-16;1-7-5-3-2-4-6-7/h1-15H,(H3,26,27);3-13H,14,23H2,1-2H3;2-6H,1H3. The molecule has 1 aliphatic rings. The van der Waals surface area contributed by atoms with Gasteiger partial charge in [-0.15, -0.1) is 11.3 Å². The van der Waals surface area contributed by atoms with Crippen LogP contribution in [-0.4, -0.2) is 5.84 Å². The van der Waals surface area contributed by atoms with Crippen molar-refractivity contribution in [2.75, 3.05) is 0 Å². The van der Waals surface area contributed by atoms with Crippen molar-refractivity contribution in [2.24, 2.45) is 11.5 Å². The van der Waals surface area contributed by atoms with E-state index in [-0.39, 0.29) is 11.3 Å². The van der Waals surface area contributed by atoms with Crippen LogP contribution < -0.4 is 11.5 Å². The molecule has 5 N–H and O–H groups in total. The first kappa shape index (κ1) is 38.3. The minimum Gasteiger partial charge on any atom is -0.384 e. The molecule has 4 heteroatoms. The molecule has 0 spiro atoms. The number of amidine groups is 1. The van der Waals surface area contributed by atoms with E-state index in [1.165, 1.54) is 76.2 Å². The Hall–Kier alpha value is -6.59. The Morgan fingerprint density at radius 2 is 1.05 bits per heavy atom. The van der Waals surface area contributed by atoms with Crippen molar-refractivity contribution >= 4 is 37.3 Å². The third-order valence-electron chi connectivity index (χ3n) is 11.2. The average Bonchev–Trinajstić information content (AvgIpc) is 3.76. The number of benzene rings is 8. The fourth-order valence-electron chi connectivity index (χ4n) is 7.97. The third-order valence-corrected chi connectivity index (χ3v) is 12.3. The highest BCUT2D eigenvalue weighted by Gasteiger charge is 2.35. The van der Waals surface area contributed by atoms with Crippen LogP contribution in [0.1, 0.15) is 41.7 Å². The number of nitrogen functional groups attached to an aromatic ring is 1. The molecule has 284 valence electrons. The Labute approximate surface area is 345 Å². The second kappa shape index (κ2) is 16.5. The maximum atomic E-state index is 7.94. The van der Waals surface area contributed by atoms with Crippen LogP contribution in [0.4, 0.5) is 0 Å². The topological polar surface area (TPSA) is 75.9 Å². The van der Waals surface area contributed by atoms with Crippen LogP contribution in [0.3, 0.4) is 0 Å².